The van der Waals surface area contributed by atoms with Crippen LogP contribution in [0.25, 0.3) is 0 Å². The van der Waals surface area contributed by atoms with Crippen molar-refractivity contribution in [1.82, 2.24) is 0 Å². The molecule has 2 aromatic rings. The van der Waals surface area contributed by atoms with Gasteiger partial charge in [0.1, 0.15) is 13.2 Å². The quantitative estimate of drug-likeness (QED) is 0.0708. The Kier molecular flexibility index (Phi) is 22.1. The van der Waals surface area contributed by atoms with Crippen LogP contribution in [0.1, 0.15) is 126 Å². The van der Waals surface area contributed by atoms with Crippen LogP contribution in [-0.2, 0) is 29.9 Å². The Morgan fingerprint density at radius 3 is 1.73 bits per heavy atom. The van der Waals surface area contributed by atoms with Gasteiger partial charge in [0, 0.05) is 12.1 Å². The van der Waals surface area contributed by atoms with Gasteiger partial charge >= 0.3 is 18.1 Å². The second-order valence-electron chi connectivity index (χ2n) is 12.0. The Labute approximate surface area is 285 Å². The summed E-state index contributed by atoms with van der Waals surface area (Å²) < 4.78 is 60.5. The minimum Gasteiger partial charge on any atom is -0.463 e. The molecule has 270 valence electrons. The summed E-state index contributed by atoms with van der Waals surface area (Å²) in [6, 6.07) is 11.2. The molecule has 0 heterocycles. The predicted molar refractivity (Wildman–Crippen MR) is 184 cm³/mol. The number of hydrogen-bond donors (Lipinski definition) is 1. The fourth-order valence-electron chi connectivity index (χ4n) is 5.22. The number of ether oxygens (including phenoxy) is 4. The van der Waals surface area contributed by atoms with Crippen LogP contribution >= 0.6 is 0 Å². The fraction of sp³-hybridized carbons (Fsp3) is 0.632. The van der Waals surface area contributed by atoms with Gasteiger partial charge in [0.2, 0.25) is 0 Å². The van der Waals surface area contributed by atoms with E-state index in [1.54, 1.807) is 18.2 Å². The van der Waals surface area contributed by atoms with Crippen molar-refractivity contribution in [1.29, 1.82) is 0 Å². The highest BCUT2D eigenvalue weighted by Gasteiger charge is 2.30. The van der Waals surface area contributed by atoms with E-state index in [1.807, 2.05) is 0 Å². The summed E-state index contributed by atoms with van der Waals surface area (Å²) in [4.78, 5) is 24.5. The molecule has 2 rings (SSSR count). The molecule has 0 radical (unpaired) electrons. The molecule has 0 amide bonds. The van der Waals surface area contributed by atoms with Crippen LogP contribution < -0.4 is 5.32 Å². The van der Waals surface area contributed by atoms with E-state index in [4.69, 9.17) is 18.9 Å². The summed E-state index contributed by atoms with van der Waals surface area (Å²) in [5.74, 6) is -0.825. The molecule has 0 unspecified atom stereocenters. The van der Waals surface area contributed by atoms with Gasteiger partial charge in [0.15, 0.2) is 0 Å². The molecular weight excluding hydrogens is 623 g/mol. The standard InChI is InChI=1S/C38H56F3NO6/c1-2-3-4-5-6-7-8-9-10-11-12-13-14-15-16-24-36(43)47-29-27-45-25-26-46-28-30-48-37(44)34-22-17-18-23-35(34)42-33-21-19-20-32(31-33)38(39,40)41/h17-23,31,42H,2-16,24-30H2,1H3. The van der Waals surface area contributed by atoms with Crippen molar-refractivity contribution in [3.63, 3.8) is 0 Å². The smallest absolute Gasteiger partial charge is 0.416 e. The lowest BCUT2D eigenvalue weighted by Crippen LogP contribution is -2.15. The number of rotatable bonds is 28. The molecule has 0 spiro atoms. The number of nitrogens with one attached hydrogen (secondary N) is 1. The number of benzene rings is 2. The van der Waals surface area contributed by atoms with Crippen LogP contribution in [0.4, 0.5) is 24.5 Å². The maximum Gasteiger partial charge on any atom is 0.416 e. The lowest BCUT2D eigenvalue weighted by molar-refractivity contribution is -0.145. The van der Waals surface area contributed by atoms with Crippen molar-refractivity contribution in [2.24, 2.45) is 0 Å². The number of hydrogen-bond acceptors (Lipinski definition) is 7. The van der Waals surface area contributed by atoms with Crippen LogP contribution in [0.2, 0.25) is 0 Å². The van der Waals surface area contributed by atoms with Crippen molar-refractivity contribution in [2.45, 2.75) is 116 Å². The van der Waals surface area contributed by atoms with Crippen LogP contribution in [0, 0.1) is 0 Å². The van der Waals surface area contributed by atoms with Gasteiger partial charge in [-0.15, -0.1) is 0 Å². The van der Waals surface area contributed by atoms with E-state index in [2.05, 4.69) is 12.2 Å². The zero-order valence-corrected chi connectivity index (χ0v) is 28.8. The highest BCUT2D eigenvalue weighted by molar-refractivity contribution is 5.96. The van der Waals surface area contributed by atoms with Crippen LogP contribution in [0.3, 0.4) is 0 Å². The third-order valence-corrected chi connectivity index (χ3v) is 7.92. The van der Waals surface area contributed by atoms with Gasteiger partial charge in [-0.1, -0.05) is 115 Å². The summed E-state index contributed by atoms with van der Waals surface area (Å²) >= 11 is 0. The Hall–Kier alpha value is -3.11. The first kappa shape index (κ1) is 41.1. The highest BCUT2D eigenvalue weighted by atomic mass is 19.4. The molecular formula is C38H56F3NO6. The van der Waals surface area contributed by atoms with Gasteiger partial charge in [-0.05, 0) is 36.8 Å². The lowest BCUT2D eigenvalue weighted by atomic mass is 10.0. The molecule has 0 aliphatic heterocycles. The van der Waals surface area contributed by atoms with Crippen LogP contribution in [0.5, 0.6) is 0 Å². The number of halogens is 3. The molecule has 0 aliphatic carbocycles. The van der Waals surface area contributed by atoms with Gasteiger partial charge in [0.05, 0.1) is 43.2 Å². The average molecular weight is 680 g/mol. The third kappa shape index (κ3) is 19.6. The first-order chi connectivity index (χ1) is 23.3. The molecule has 0 atom stereocenters. The number of carbonyl (C=O) groups is 2. The normalized spacial score (nSPS) is 11.4. The topological polar surface area (TPSA) is 83.1 Å². The molecule has 0 fully saturated rings. The van der Waals surface area contributed by atoms with E-state index in [1.165, 1.54) is 102 Å². The predicted octanol–water partition coefficient (Wildman–Crippen LogP) is 10.4. The zero-order chi connectivity index (χ0) is 34.7. The molecule has 0 saturated heterocycles. The van der Waals surface area contributed by atoms with Gasteiger partial charge < -0.3 is 24.3 Å². The largest absolute Gasteiger partial charge is 0.463 e. The van der Waals surface area contributed by atoms with E-state index >= 15 is 0 Å². The van der Waals surface area contributed by atoms with Crippen molar-refractivity contribution in [2.75, 3.05) is 45.0 Å². The molecule has 7 nitrogen and oxygen atoms in total. The maximum absolute atomic E-state index is 13.0. The maximum atomic E-state index is 13.0. The molecule has 0 saturated carbocycles. The number of para-hydroxylation sites is 1. The SMILES string of the molecule is CCCCCCCCCCCCCCCCCC(=O)OCCOCCOCCOC(=O)c1ccccc1Nc1cccc(C(F)(F)F)c1. The number of esters is 2. The van der Waals surface area contributed by atoms with Gasteiger partial charge in [-0.3, -0.25) is 4.79 Å². The third-order valence-electron chi connectivity index (χ3n) is 7.92. The highest BCUT2D eigenvalue weighted by Crippen LogP contribution is 2.32. The Morgan fingerprint density at radius 2 is 1.15 bits per heavy atom. The van der Waals surface area contributed by atoms with Crippen LogP contribution in [-0.4, -0.2) is 51.6 Å². The van der Waals surface area contributed by atoms with E-state index < -0.39 is 17.7 Å². The number of unbranched alkanes of at least 4 members (excludes halogenated alkanes) is 14. The molecule has 0 aromatic heterocycles. The second-order valence-corrected chi connectivity index (χ2v) is 12.0. The van der Waals surface area contributed by atoms with E-state index in [0.717, 1.165) is 25.0 Å². The summed E-state index contributed by atoms with van der Waals surface area (Å²) in [6.45, 7) is 3.45. The number of anilines is 2. The van der Waals surface area contributed by atoms with Gasteiger partial charge in [-0.2, -0.15) is 13.2 Å². The van der Waals surface area contributed by atoms with Gasteiger partial charge in [-0.25, -0.2) is 4.79 Å². The number of alkyl halides is 3. The van der Waals surface area contributed by atoms with Crippen LogP contribution in [0.15, 0.2) is 48.5 Å². The monoisotopic (exact) mass is 679 g/mol. The minimum absolute atomic E-state index is 0.00630. The first-order valence-electron chi connectivity index (χ1n) is 17.8. The molecule has 48 heavy (non-hydrogen) atoms. The van der Waals surface area contributed by atoms with Crippen molar-refractivity contribution in [3.8, 4) is 0 Å². The summed E-state index contributed by atoms with van der Waals surface area (Å²) in [6.07, 6.45) is 15.2. The first-order valence-corrected chi connectivity index (χ1v) is 17.8. The Bertz CT molecular complexity index is 1140. The average Bonchev–Trinajstić information content (AvgIpc) is 3.07. The van der Waals surface area contributed by atoms with E-state index in [0.29, 0.717) is 18.7 Å². The summed E-state index contributed by atoms with van der Waals surface area (Å²) in [5.41, 5.74) is -0.0808. The van der Waals surface area contributed by atoms with Crippen molar-refractivity contribution < 1.29 is 41.7 Å². The van der Waals surface area contributed by atoms with Crippen molar-refractivity contribution >= 4 is 23.3 Å². The summed E-state index contributed by atoms with van der Waals surface area (Å²) in [5, 5.41) is 2.86. The minimum atomic E-state index is -4.47. The Morgan fingerprint density at radius 1 is 0.625 bits per heavy atom. The van der Waals surface area contributed by atoms with E-state index in [-0.39, 0.29) is 50.3 Å². The lowest BCUT2D eigenvalue weighted by Gasteiger charge is -2.13. The molecule has 10 heteroatoms. The van der Waals surface area contributed by atoms with Crippen molar-refractivity contribution in [3.05, 3.63) is 59.7 Å². The van der Waals surface area contributed by atoms with E-state index in [9.17, 15) is 22.8 Å². The Balaban J connectivity index is 1.40. The molecule has 0 aliphatic rings. The molecule has 1 N–H and O–H groups in total. The number of carbonyl (C=O) groups excluding carboxylic acids is 2. The summed E-state index contributed by atoms with van der Waals surface area (Å²) in [7, 11) is 0. The molecule has 0 bridgehead atoms. The molecule has 2 aromatic carbocycles. The zero-order valence-electron chi connectivity index (χ0n) is 28.8. The van der Waals surface area contributed by atoms with Gasteiger partial charge in [0.25, 0.3) is 0 Å². The second kappa shape index (κ2) is 25.8. The fourth-order valence-corrected chi connectivity index (χ4v) is 5.22.